The van der Waals surface area contributed by atoms with Gasteiger partial charge in [0.25, 0.3) is 10.0 Å². The maximum Gasteiger partial charge on any atom is 0.264 e. The molecule has 0 radical (unpaired) electrons. The van der Waals surface area contributed by atoms with E-state index in [0.717, 1.165) is 27.4 Å². The minimum atomic E-state index is -4.12. The second kappa shape index (κ2) is 14.0. The fourth-order valence-corrected chi connectivity index (χ4v) is 5.82. The molecule has 214 valence electrons. The first-order valence-electron chi connectivity index (χ1n) is 13.5. The van der Waals surface area contributed by atoms with Crippen LogP contribution < -0.4 is 14.4 Å². The van der Waals surface area contributed by atoms with Crippen LogP contribution in [0.5, 0.6) is 5.75 Å². The number of carbonyl (C=O) groups is 2. The maximum atomic E-state index is 14.1. The molecule has 0 aliphatic rings. The highest BCUT2D eigenvalue weighted by atomic mass is 32.2. The van der Waals surface area contributed by atoms with Gasteiger partial charge in [-0.25, -0.2) is 8.42 Å². The minimum absolute atomic E-state index is 0.0692. The van der Waals surface area contributed by atoms with Gasteiger partial charge in [-0.2, -0.15) is 0 Å². The number of methoxy groups -OCH3 is 1. The standard InChI is InChI=1S/C31H39N3O5S/c1-6-19-32-31(36)29(7-2)33(21-25-10-8-9-24(4)20-25)30(35)22-34(26-13-15-27(39-5)16-14-26)40(37,38)28-17-11-23(3)12-18-28/h8-18,20,29H,6-7,19,21-22H2,1-5H3,(H,32,36)/t29-/m0/s1. The molecule has 0 fully saturated rings. The average molecular weight is 566 g/mol. The molecule has 3 aromatic carbocycles. The van der Waals surface area contributed by atoms with Gasteiger partial charge in [-0.15, -0.1) is 0 Å². The molecule has 9 heteroatoms. The predicted molar refractivity (Wildman–Crippen MR) is 158 cm³/mol. The van der Waals surface area contributed by atoms with E-state index in [1.165, 1.54) is 24.1 Å². The summed E-state index contributed by atoms with van der Waals surface area (Å²) < 4.78 is 34.2. The van der Waals surface area contributed by atoms with E-state index in [0.29, 0.717) is 24.4 Å². The van der Waals surface area contributed by atoms with Crippen molar-refractivity contribution in [2.75, 3.05) is 24.5 Å². The summed E-state index contributed by atoms with van der Waals surface area (Å²) in [4.78, 5) is 28.8. The van der Waals surface area contributed by atoms with Crippen molar-refractivity contribution >= 4 is 27.5 Å². The zero-order chi connectivity index (χ0) is 29.3. The van der Waals surface area contributed by atoms with Crippen LogP contribution in [0.2, 0.25) is 0 Å². The lowest BCUT2D eigenvalue weighted by Crippen LogP contribution is -2.52. The Labute approximate surface area is 238 Å². The van der Waals surface area contributed by atoms with Gasteiger partial charge in [0.2, 0.25) is 11.8 Å². The first kappa shape index (κ1) is 30.7. The number of aryl methyl sites for hydroxylation is 2. The molecule has 0 aliphatic carbocycles. The molecule has 0 bridgehead atoms. The average Bonchev–Trinajstić information content (AvgIpc) is 2.94. The SMILES string of the molecule is CCCNC(=O)[C@H](CC)N(Cc1cccc(C)c1)C(=O)CN(c1ccc(OC)cc1)S(=O)(=O)c1ccc(C)cc1. The number of nitrogens with one attached hydrogen (secondary N) is 1. The maximum absolute atomic E-state index is 14.1. The second-order valence-corrected chi connectivity index (χ2v) is 11.6. The van der Waals surface area contributed by atoms with E-state index < -0.39 is 28.5 Å². The van der Waals surface area contributed by atoms with Crippen LogP contribution in [0.15, 0.2) is 77.7 Å². The fraction of sp³-hybridized carbons (Fsp3) is 0.355. The molecule has 2 amide bonds. The molecule has 0 saturated carbocycles. The molecular weight excluding hydrogens is 526 g/mol. The summed E-state index contributed by atoms with van der Waals surface area (Å²) in [6, 6.07) is 20.0. The van der Waals surface area contributed by atoms with Crippen molar-refractivity contribution in [1.29, 1.82) is 0 Å². The van der Waals surface area contributed by atoms with E-state index in [-0.39, 0.29) is 17.3 Å². The third kappa shape index (κ3) is 7.63. The van der Waals surface area contributed by atoms with Crippen molar-refractivity contribution in [3.63, 3.8) is 0 Å². The molecule has 40 heavy (non-hydrogen) atoms. The molecule has 0 aliphatic heterocycles. The first-order valence-corrected chi connectivity index (χ1v) is 14.9. The number of hydrogen-bond acceptors (Lipinski definition) is 5. The van der Waals surface area contributed by atoms with Crippen molar-refractivity contribution < 1.29 is 22.7 Å². The Morgan fingerprint density at radius 2 is 1.60 bits per heavy atom. The Morgan fingerprint density at radius 3 is 2.17 bits per heavy atom. The molecule has 3 rings (SSSR count). The van der Waals surface area contributed by atoms with E-state index in [9.17, 15) is 18.0 Å². The van der Waals surface area contributed by atoms with E-state index >= 15 is 0 Å². The fourth-order valence-electron chi connectivity index (χ4n) is 4.41. The van der Waals surface area contributed by atoms with Crippen LogP contribution in [0, 0.1) is 13.8 Å². The van der Waals surface area contributed by atoms with Crippen molar-refractivity contribution in [1.82, 2.24) is 10.2 Å². The van der Waals surface area contributed by atoms with Crippen molar-refractivity contribution in [3.05, 3.63) is 89.5 Å². The van der Waals surface area contributed by atoms with E-state index in [4.69, 9.17) is 4.74 Å². The molecule has 0 unspecified atom stereocenters. The molecule has 1 N–H and O–H groups in total. The quantitative estimate of drug-likeness (QED) is 0.320. The normalized spacial score (nSPS) is 11.9. The molecule has 0 saturated heterocycles. The predicted octanol–water partition coefficient (Wildman–Crippen LogP) is 4.84. The highest BCUT2D eigenvalue weighted by Crippen LogP contribution is 2.27. The number of anilines is 1. The van der Waals surface area contributed by atoms with Gasteiger partial charge in [0.05, 0.1) is 17.7 Å². The Bertz CT molecular complexity index is 1390. The number of benzene rings is 3. The van der Waals surface area contributed by atoms with Gasteiger partial charge in [-0.1, -0.05) is 61.4 Å². The topological polar surface area (TPSA) is 96.0 Å². The lowest BCUT2D eigenvalue weighted by molar-refractivity contribution is -0.140. The number of nitrogens with zero attached hydrogens (tertiary/aromatic N) is 2. The van der Waals surface area contributed by atoms with Crippen LogP contribution in [0.4, 0.5) is 5.69 Å². The Hall–Kier alpha value is -3.85. The summed E-state index contributed by atoms with van der Waals surface area (Å²) in [5, 5.41) is 2.90. The number of hydrogen-bond donors (Lipinski definition) is 1. The summed E-state index contributed by atoms with van der Waals surface area (Å²) in [7, 11) is -2.60. The number of carbonyl (C=O) groups excluding carboxylic acids is 2. The summed E-state index contributed by atoms with van der Waals surface area (Å²) >= 11 is 0. The largest absolute Gasteiger partial charge is 0.497 e. The van der Waals surface area contributed by atoms with E-state index in [1.807, 2.05) is 52.0 Å². The second-order valence-electron chi connectivity index (χ2n) is 9.75. The van der Waals surface area contributed by atoms with Crippen LogP contribution in [-0.4, -0.2) is 51.4 Å². The van der Waals surface area contributed by atoms with Crippen molar-refractivity contribution in [2.45, 2.75) is 58.0 Å². The Morgan fingerprint density at radius 1 is 0.925 bits per heavy atom. The molecule has 3 aromatic rings. The number of amides is 2. The molecule has 0 spiro atoms. The van der Waals surface area contributed by atoms with Crippen LogP contribution in [0.1, 0.15) is 43.4 Å². The van der Waals surface area contributed by atoms with E-state index in [2.05, 4.69) is 5.32 Å². The van der Waals surface area contributed by atoms with Gasteiger partial charge < -0.3 is 15.0 Å². The molecular formula is C31H39N3O5S. The highest BCUT2D eigenvalue weighted by molar-refractivity contribution is 7.92. The van der Waals surface area contributed by atoms with Gasteiger partial charge in [0.15, 0.2) is 0 Å². The van der Waals surface area contributed by atoms with Crippen LogP contribution in [0.25, 0.3) is 0 Å². The third-order valence-corrected chi connectivity index (χ3v) is 8.41. The van der Waals surface area contributed by atoms with Crippen LogP contribution >= 0.6 is 0 Å². The zero-order valence-corrected chi connectivity index (χ0v) is 24.7. The lowest BCUT2D eigenvalue weighted by atomic mass is 10.1. The Kier molecular flexibility index (Phi) is 10.7. The lowest BCUT2D eigenvalue weighted by Gasteiger charge is -2.33. The van der Waals surface area contributed by atoms with Crippen LogP contribution in [0.3, 0.4) is 0 Å². The summed E-state index contributed by atoms with van der Waals surface area (Å²) in [6.45, 7) is 7.81. The number of rotatable bonds is 13. The highest BCUT2D eigenvalue weighted by Gasteiger charge is 2.33. The monoisotopic (exact) mass is 565 g/mol. The minimum Gasteiger partial charge on any atom is -0.497 e. The summed E-state index contributed by atoms with van der Waals surface area (Å²) in [5.74, 6) is -0.184. The molecule has 8 nitrogen and oxygen atoms in total. The van der Waals surface area contributed by atoms with Gasteiger partial charge >= 0.3 is 0 Å². The smallest absolute Gasteiger partial charge is 0.264 e. The number of ether oxygens (including phenoxy) is 1. The number of sulfonamides is 1. The van der Waals surface area contributed by atoms with Gasteiger partial charge in [-0.05, 0) is 68.7 Å². The van der Waals surface area contributed by atoms with Gasteiger partial charge in [-0.3, -0.25) is 13.9 Å². The van der Waals surface area contributed by atoms with Crippen molar-refractivity contribution in [2.24, 2.45) is 0 Å². The van der Waals surface area contributed by atoms with Crippen molar-refractivity contribution in [3.8, 4) is 5.75 Å². The van der Waals surface area contributed by atoms with Crippen LogP contribution in [-0.2, 0) is 26.2 Å². The molecule has 1 atom stereocenters. The Balaban J connectivity index is 2.05. The van der Waals surface area contributed by atoms with Gasteiger partial charge in [0.1, 0.15) is 18.3 Å². The first-order chi connectivity index (χ1) is 19.1. The van der Waals surface area contributed by atoms with E-state index in [1.54, 1.807) is 36.4 Å². The third-order valence-electron chi connectivity index (χ3n) is 6.62. The summed E-state index contributed by atoms with van der Waals surface area (Å²) in [6.07, 6.45) is 1.13. The zero-order valence-electron chi connectivity index (χ0n) is 23.9. The van der Waals surface area contributed by atoms with Gasteiger partial charge in [0, 0.05) is 13.1 Å². The molecule has 0 aromatic heterocycles. The summed E-state index contributed by atoms with van der Waals surface area (Å²) in [5.41, 5.74) is 3.11. The molecule has 0 heterocycles.